The molecule has 0 aromatic heterocycles. The van der Waals surface area contributed by atoms with Crippen molar-refractivity contribution < 1.29 is 0 Å². The lowest BCUT2D eigenvalue weighted by Gasteiger charge is -2.38. The fraction of sp³-hybridized carbons (Fsp3) is 0.632. The molecule has 1 aliphatic carbocycles. The normalized spacial score (nSPS) is 19.1. The first-order valence-electron chi connectivity index (χ1n) is 8.30. The molecule has 0 heterocycles. The predicted octanol–water partition coefficient (Wildman–Crippen LogP) is 4.37. The van der Waals surface area contributed by atoms with Crippen LogP contribution in [0.1, 0.15) is 50.5 Å². The summed E-state index contributed by atoms with van der Waals surface area (Å²) in [6.07, 6.45) is 8.41. The average Bonchev–Trinajstić information content (AvgIpc) is 2.53. The van der Waals surface area contributed by atoms with E-state index in [-0.39, 0.29) is 5.41 Å². The number of rotatable bonds is 6. The Kier molecular flexibility index (Phi) is 5.82. The first-order chi connectivity index (χ1) is 10.2. The summed E-state index contributed by atoms with van der Waals surface area (Å²) >= 11 is 0. The topological polar surface area (TPSA) is 27.0 Å². The molecule has 1 aromatic carbocycles. The summed E-state index contributed by atoms with van der Waals surface area (Å²) in [5.74, 6) is 0.529. The fourth-order valence-electron chi connectivity index (χ4n) is 3.80. The highest BCUT2D eigenvalue weighted by Crippen LogP contribution is 2.43. The summed E-state index contributed by atoms with van der Waals surface area (Å²) < 4.78 is 0. The van der Waals surface area contributed by atoms with Crippen LogP contribution in [0.25, 0.3) is 0 Å². The van der Waals surface area contributed by atoms with Crippen LogP contribution in [0.2, 0.25) is 0 Å². The highest BCUT2D eigenvalue weighted by molar-refractivity contribution is 5.33. The van der Waals surface area contributed by atoms with Gasteiger partial charge in [-0.25, -0.2) is 0 Å². The van der Waals surface area contributed by atoms with Crippen molar-refractivity contribution in [1.29, 1.82) is 5.26 Å². The van der Waals surface area contributed by atoms with Crippen molar-refractivity contribution in [2.45, 2.75) is 50.4 Å². The number of hydrogen-bond acceptors (Lipinski definition) is 2. The van der Waals surface area contributed by atoms with Crippen molar-refractivity contribution in [3.63, 3.8) is 0 Å². The molecule has 2 heteroatoms. The minimum absolute atomic E-state index is 0.280. The Morgan fingerprint density at radius 2 is 1.81 bits per heavy atom. The van der Waals surface area contributed by atoms with E-state index in [2.05, 4.69) is 49.3 Å². The average molecular weight is 284 g/mol. The second kappa shape index (κ2) is 7.61. The Hall–Kier alpha value is -1.33. The molecule has 1 saturated carbocycles. The van der Waals surface area contributed by atoms with Crippen LogP contribution in [0.5, 0.6) is 0 Å². The summed E-state index contributed by atoms with van der Waals surface area (Å²) in [5.41, 5.74) is 0.954. The van der Waals surface area contributed by atoms with Crippen molar-refractivity contribution in [3.05, 3.63) is 35.9 Å². The minimum atomic E-state index is -0.280. The fourth-order valence-corrected chi connectivity index (χ4v) is 3.80. The molecule has 0 aliphatic heterocycles. The van der Waals surface area contributed by atoms with Gasteiger partial charge in [0, 0.05) is 0 Å². The molecule has 0 N–H and O–H groups in total. The quantitative estimate of drug-likeness (QED) is 0.775. The third-order valence-electron chi connectivity index (χ3n) is 4.97. The van der Waals surface area contributed by atoms with Gasteiger partial charge < -0.3 is 4.90 Å². The van der Waals surface area contributed by atoms with Gasteiger partial charge in [0.05, 0.1) is 11.5 Å². The molecule has 1 fully saturated rings. The van der Waals surface area contributed by atoms with Crippen LogP contribution in [-0.2, 0) is 5.41 Å². The van der Waals surface area contributed by atoms with Crippen LogP contribution < -0.4 is 0 Å². The second-order valence-corrected chi connectivity index (χ2v) is 6.69. The molecule has 21 heavy (non-hydrogen) atoms. The number of nitriles is 1. The van der Waals surface area contributed by atoms with E-state index in [9.17, 15) is 5.26 Å². The summed E-state index contributed by atoms with van der Waals surface area (Å²) in [6.45, 7) is 1.06. The molecule has 0 spiro atoms. The molecule has 0 unspecified atom stereocenters. The molecule has 1 aliphatic rings. The lowest BCUT2D eigenvalue weighted by Crippen LogP contribution is -2.36. The van der Waals surface area contributed by atoms with Crippen LogP contribution in [0.15, 0.2) is 30.3 Å². The zero-order valence-corrected chi connectivity index (χ0v) is 13.5. The van der Waals surface area contributed by atoms with Crippen molar-refractivity contribution in [2.24, 2.45) is 5.92 Å². The van der Waals surface area contributed by atoms with Gasteiger partial charge >= 0.3 is 0 Å². The summed E-state index contributed by atoms with van der Waals surface area (Å²) in [5, 5.41) is 10.1. The van der Waals surface area contributed by atoms with Gasteiger partial charge in [-0.05, 0) is 57.8 Å². The largest absolute Gasteiger partial charge is 0.309 e. The SMILES string of the molecule is CN(C)CCC[C@](C#N)(c1ccccc1)C1CCCCC1. The van der Waals surface area contributed by atoms with E-state index in [1.807, 2.05) is 6.07 Å². The van der Waals surface area contributed by atoms with E-state index in [1.165, 1.54) is 37.7 Å². The Balaban J connectivity index is 2.25. The first kappa shape index (κ1) is 16.0. The number of nitrogens with zero attached hydrogens (tertiary/aromatic N) is 2. The molecule has 114 valence electrons. The molecule has 2 nitrogen and oxygen atoms in total. The van der Waals surface area contributed by atoms with Crippen molar-refractivity contribution >= 4 is 0 Å². The van der Waals surface area contributed by atoms with Gasteiger partial charge in [0.1, 0.15) is 0 Å². The summed E-state index contributed by atoms with van der Waals surface area (Å²) in [4.78, 5) is 2.22. The third kappa shape index (κ3) is 3.86. The van der Waals surface area contributed by atoms with Crippen LogP contribution >= 0.6 is 0 Å². The Morgan fingerprint density at radius 3 is 2.38 bits per heavy atom. The Bertz CT molecular complexity index is 454. The lowest BCUT2D eigenvalue weighted by atomic mass is 9.63. The third-order valence-corrected chi connectivity index (χ3v) is 4.97. The monoisotopic (exact) mass is 284 g/mol. The smallest absolute Gasteiger partial charge is 0.0850 e. The first-order valence-corrected chi connectivity index (χ1v) is 8.30. The van der Waals surface area contributed by atoms with Crippen LogP contribution in [0.4, 0.5) is 0 Å². The summed E-state index contributed by atoms with van der Waals surface area (Å²) in [7, 11) is 4.22. The van der Waals surface area contributed by atoms with Gasteiger partial charge in [-0.15, -0.1) is 0 Å². The van der Waals surface area contributed by atoms with Crippen LogP contribution in [0.3, 0.4) is 0 Å². The second-order valence-electron chi connectivity index (χ2n) is 6.69. The van der Waals surface area contributed by atoms with Gasteiger partial charge in [0.2, 0.25) is 0 Å². The maximum absolute atomic E-state index is 10.1. The zero-order valence-electron chi connectivity index (χ0n) is 13.5. The van der Waals surface area contributed by atoms with E-state index < -0.39 is 0 Å². The van der Waals surface area contributed by atoms with Gasteiger partial charge in [-0.2, -0.15) is 5.26 Å². The van der Waals surface area contributed by atoms with E-state index in [1.54, 1.807) is 0 Å². The minimum Gasteiger partial charge on any atom is -0.309 e. The number of hydrogen-bond donors (Lipinski definition) is 0. The van der Waals surface area contributed by atoms with Crippen molar-refractivity contribution in [3.8, 4) is 6.07 Å². The number of benzene rings is 1. The van der Waals surface area contributed by atoms with E-state index in [0.717, 1.165) is 19.4 Å². The maximum atomic E-state index is 10.1. The van der Waals surface area contributed by atoms with E-state index in [4.69, 9.17) is 0 Å². The molecule has 2 rings (SSSR count). The Labute approximate surface area is 129 Å². The van der Waals surface area contributed by atoms with Gasteiger partial charge in [-0.1, -0.05) is 49.6 Å². The van der Waals surface area contributed by atoms with Gasteiger partial charge in [0.15, 0.2) is 0 Å². The lowest BCUT2D eigenvalue weighted by molar-refractivity contribution is 0.229. The molecule has 1 aromatic rings. The van der Waals surface area contributed by atoms with Crippen molar-refractivity contribution in [2.75, 3.05) is 20.6 Å². The van der Waals surface area contributed by atoms with Crippen molar-refractivity contribution in [1.82, 2.24) is 4.90 Å². The van der Waals surface area contributed by atoms with E-state index in [0.29, 0.717) is 5.92 Å². The zero-order chi connectivity index (χ0) is 15.1. The highest BCUT2D eigenvalue weighted by atomic mass is 15.0. The highest BCUT2D eigenvalue weighted by Gasteiger charge is 2.40. The van der Waals surface area contributed by atoms with Crippen LogP contribution in [0, 0.1) is 17.2 Å². The van der Waals surface area contributed by atoms with Gasteiger partial charge in [0.25, 0.3) is 0 Å². The molecule has 0 radical (unpaired) electrons. The maximum Gasteiger partial charge on any atom is 0.0850 e. The molecule has 0 amide bonds. The Morgan fingerprint density at radius 1 is 1.14 bits per heavy atom. The molecule has 1 atom stereocenters. The standard InChI is InChI=1S/C19H28N2/c1-21(2)15-9-14-19(16-20,17-10-5-3-6-11-17)18-12-7-4-8-13-18/h3,5-6,10-11,18H,4,7-9,12-15H2,1-2H3/t19-/m0/s1. The van der Waals surface area contributed by atoms with Gasteiger partial charge in [-0.3, -0.25) is 0 Å². The summed E-state index contributed by atoms with van der Waals surface area (Å²) in [6, 6.07) is 13.3. The molecule has 0 saturated heterocycles. The molecular weight excluding hydrogens is 256 g/mol. The molecular formula is C19H28N2. The van der Waals surface area contributed by atoms with Crippen LogP contribution in [-0.4, -0.2) is 25.5 Å². The van der Waals surface area contributed by atoms with E-state index >= 15 is 0 Å². The molecule has 0 bridgehead atoms. The predicted molar refractivity (Wildman–Crippen MR) is 88.1 cm³/mol.